The molecular weight excluding hydrogens is 312 g/mol. The molecule has 2 atom stereocenters. The number of hydrogen-bond donors (Lipinski definition) is 1. The summed E-state index contributed by atoms with van der Waals surface area (Å²) >= 11 is 1.55. The predicted octanol–water partition coefficient (Wildman–Crippen LogP) is 1.87. The van der Waals surface area contributed by atoms with Crippen molar-refractivity contribution in [3.05, 3.63) is 40.5 Å². The number of carbonyl (C=O) groups is 1. The van der Waals surface area contributed by atoms with Gasteiger partial charge in [-0.25, -0.2) is 9.97 Å². The van der Waals surface area contributed by atoms with E-state index in [0.717, 1.165) is 29.9 Å². The molecule has 1 amide bonds. The van der Waals surface area contributed by atoms with Gasteiger partial charge in [-0.2, -0.15) is 11.3 Å². The summed E-state index contributed by atoms with van der Waals surface area (Å²) in [6, 6.07) is 2.05. The minimum atomic E-state index is -0.0211. The second-order valence-corrected chi connectivity index (χ2v) is 6.39. The quantitative estimate of drug-likeness (QED) is 0.905. The molecule has 0 bridgehead atoms. The Morgan fingerprint density at radius 3 is 3.04 bits per heavy atom. The highest BCUT2D eigenvalue weighted by atomic mass is 32.1. The van der Waals surface area contributed by atoms with E-state index in [1.165, 1.54) is 0 Å². The Balaban J connectivity index is 1.67. The van der Waals surface area contributed by atoms with Gasteiger partial charge in [-0.05, 0) is 30.4 Å². The number of anilines is 1. The third-order valence-electron chi connectivity index (χ3n) is 4.17. The number of nitrogens with zero attached hydrogens (tertiary/aromatic N) is 3. The first-order valence-electron chi connectivity index (χ1n) is 7.55. The van der Waals surface area contributed by atoms with Crippen molar-refractivity contribution in [3.8, 4) is 0 Å². The molecule has 1 N–H and O–H groups in total. The predicted molar refractivity (Wildman–Crippen MR) is 90.0 cm³/mol. The van der Waals surface area contributed by atoms with E-state index in [-0.39, 0.29) is 18.1 Å². The summed E-state index contributed by atoms with van der Waals surface area (Å²) in [5, 5.41) is 6.91. The summed E-state index contributed by atoms with van der Waals surface area (Å²) in [6.45, 7) is 3.29. The Hall–Kier alpha value is -1.99. The lowest BCUT2D eigenvalue weighted by molar-refractivity contribution is 0.0946. The molecule has 23 heavy (non-hydrogen) atoms. The van der Waals surface area contributed by atoms with E-state index in [9.17, 15) is 4.79 Å². The standard InChI is InChI=1S/C16H20N4O2S/c1-11-8-23-9-14(11)16(21)18-6-12-5-13(22-2)7-20(12)15-3-4-17-10-19-15/h3-4,8-10,12-13H,5-7H2,1-2H3,(H,18,21)/t12-,13-/m0/s1. The number of rotatable bonds is 5. The van der Waals surface area contributed by atoms with E-state index < -0.39 is 0 Å². The molecule has 1 aliphatic rings. The van der Waals surface area contributed by atoms with Gasteiger partial charge < -0.3 is 15.0 Å². The molecule has 0 spiro atoms. The zero-order valence-corrected chi connectivity index (χ0v) is 14.0. The highest BCUT2D eigenvalue weighted by Gasteiger charge is 2.33. The molecule has 122 valence electrons. The minimum absolute atomic E-state index is 0.0211. The number of aromatic nitrogens is 2. The van der Waals surface area contributed by atoms with Crippen molar-refractivity contribution in [2.24, 2.45) is 0 Å². The van der Waals surface area contributed by atoms with E-state index in [0.29, 0.717) is 6.54 Å². The van der Waals surface area contributed by atoms with Gasteiger partial charge in [0.1, 0.15) is 12.1 Å². The van der Waals surface area contributed by atoms with Crippen LogP contribution in [-0.4, -0.2) is 48.2 Å². The lowest BCUT2D eigenvalue weighted by Crippen LogP contribution is -2.40. The van der Waals surface area contributed by atoms with Gasteiger partial charge in [0.2, 0.25) is 0 Å². The highest BCUT2D eigenvalue weighted by Crippen LogP contribution is 2.25. The van der Waals surface area contributed by atoms with Crippen LogP contribution in [0.4, 0.5) is 5.82 Å². The van der Waals surface area contributed by atoms with Crippen molar-refractivity contribution >= 4 is 23.1 Å². The first-order chi connectivity index (χ1) is 11.2. The Morgan fingerprint density at radius 2 is 2.39 bits per heavy atom. The van der Waals surface area contributed by atoms with Gasteiger partial charge >= 0.3 is 0 Å². The molecule has 0 saturated carbocycles. The second-order valence-electron chi connectivity index (χ2n) is 5.65. The Bertz CT molecular complexity index is 661. The summed E-state index contributed by atoms with van der Waals surface area (Å²) < 4.78 is 5.50. The number of hydrogen-bond acceptors (Lipinski definition) is 6. The van der Waals surface area contributed by atoms with Gasteiger partial charge in [-0.1, -0.05) is 0 Å². The molecule has 3 heterocycles. The number of aryl methyl sites for hydroxylation is 1. The molecular formula is C16H20N4O2S. The summed E-state index contributed by atoms with van der Waals surface area (Å²) in [6.07, 6.45) is 4.28. The average molecular weight is 332 g/mol. The van der Waals surface area contributed by atoms with Crippen LogP contribution in [0.1, 0.15) is 22.3 Å². The van der Waals surface area contributed by atoms with Crippen molar-refractivity contribution in [2.75, 3.05) is 25.1 Å². The van der Waals surface area contributed by atoms with Crippen molar-refractivity contribution < 1.29 is 9.53 Å². The first-order valence-corrected chi connectivity index (χ1v) is 8.49. The van der Waals surface area contributed by atoms with Crippen LogP contribution >= 0.6 is 11.3 Å². The van der Waals surface area contributed by atoms with E-state index >= 15 is 0 Å². The second kappa shape index (κ2) is 7.06. The van der Waals surface area contributed by atoms with Crippen LogP contribution in [0.3, 0.4) is 0 Å². The first kappa shape index (κ1) is 15.9. The summed E-state index contributed by atoms with van der Waals surface area (Å²) in [5.74, 6) is 0.845. The molecule has 1 saturated heterocycles. The van der Waals surface area contributed by atoms with Crippen molar-refractivity contribution in [1.29, 1.82) is 0 Å². The molecule has 0 aromatic carbocycles. The zero-order valence-electron chi connectivity index (χ0n) is 13.2. The third kappa shape index (κ3) is 3.51. The summed E-state index contributed by atoms with van der Waals surface area (Å²) in [4.78, 5) is 22.8. The van der Waals surface area contributed by atoms with E-state index in [1.807, 2.05) is 23.8 Å². The van der Waals surface area contributed by atoms with Crippen LogP contribution in [0.25, 0.3) is 0 Å². The molecule has 2 aromatic rings. The van der Waals surface area contributed by atoms with E-state index in [4.69, 9.17) is 4.74 Å². The van der Waals surface area contributed by atoms with Crippen LogP contribution in [0.2, 0.25) is 0 Å². The van der Waals surface area contributed by atoms with Crippen LogP contribution < -0.4 is 10.2 Å². The number of ether oxygens (including phenoxy) is 1. The SMILES string of the molecule is CO[C@H]1C[C@@H](CNC(=O)c2cscc2C)N(c2ccncn2)C1. The minimum Gasteiger partial charge on any atom is -0.380 e. The molecule has 0 unspecified atom stereocenters. The van der Waals surface area contributed by atoms with Crippen molar-refractivity contribution in [1.82, 2.24) is 15.3 Å². The van der Waals surface area contributed by atoms with Gasteiger partial charge in [0.15, 0.2) is 0 Å². The monoisotopic (exact) mass is 332 g/mol. The van der Waals surface area contributed by atoms with Crippen LogP contribution in [-0.2, 0) is 4.74 Å². The van der Waals surface area contributed by atoms with Crippen LogP contribution in [0.5, 0.6) is 0 Å². The maximum atomic E-state index is 12.3. The Kier molecular flexibility index (Phi) is 4.88. The normalized spacial score (nSPS) is 20.7. The fourth-order valence-corrected chi connectivity index (χ4v) is 3.70. The maximum Gasteiger partial charge on any atom is 0.252 e. The average Bonchev–Trinajstić information content (AvgIpc) is 3.19. The summed E-state index contributed by atoms with van der Waals surface area (Å²) in [5.41, 5.74) is 1.77. The topological polar surface area (TPSA) is 67.3 Å². The third-order valence-corrected chi connectivity index (χ3v) is 5.03. The maximum absolute atomic E-state index is 12.3. The van der Waals surface area contributed by atoms with Crippen molar-refractivity contribution in [2.45, 2.75) is 25.5 Å². The van der Waals surface area contributed by atoms with Crippen LogP contribution in [0, 0.1) is 6.92 Å². The summed E-state index contributed by atoms with van der Waals surface area (Å²) in [7, 11) is 1.72. The molecule has 3 rings (SSSR count). The van der Waals surface area contributed by atoms with E-state index in [1.54, 1.807) is 31.0 Å². The van der Waals surface area contributed by atoms with Gasteiger partial charge in [0.25, 0.3) is 5.91 Å². The number of thiophene rings is 1. The highest BCUT2D eigenvalue weighted by molar-refractivity contribution is 7.08. The zero-order chi connectivity index (χ0) is 16.2. The largest absolute Gasteiger partial charge is 0.380 e. The molecule has 2 aromatic heterocycles. The molecule has 1 fully saturated rings. The van der Waals surface area contributed by atoms with Crippen molar-refractivity contribution in [3.63, 3.8) is 0 Å². The van der Waals surface area contributed by atoms with E-state index in [2.05, 4.69) is 20.2 Å². The number of amides is 1. The van der Waals surface area contributed by atoms with Gasteiger partial charge in [0, 0.05) is 31.8 Å². The molecule has 7 heteroatoms. The number of nitrogens with one attached hydrogen (secondary N) is 1. The Morgan fingerprint density at radius 1 is 1.52 bits per heavy atom. The lowest BCUT2D eigenvalue weighted by atomic mass is 10.1. The van der Waals surface area contributed by atoms with Crippen LogP contribution in [0.15, 0.2) is 29.4 Å². The fraction of sp³-hybridized carbons (Fsp3) is 0.438. The molecule has 1 aliphatic heterocycles. The molecule has 0 radical (unpaired) electrons. The number of carbonyl (C=O) groups excluding carboxylic acids is 1. The van der Waals surface area contributed by atoms with Gasteiger partial charge in [-0.3, -0.25) is 4.79 Å². The number of methoxy groups -OCH3 is 1. The fourth-order valence-electron chi connectivity index (χ4n) is 2.87. The van der Waals surface area contributed by atoms with Gasteiger partial charge in [-0.15, -0.1) is 0 Å². The lowest BCUT2D eigenvalue weighted by Gasteiger charge is -2.25. The Labute approximate surface area is 139 Å². The molecule has 0 aliphatic carbocycles. The van der Waals surface area contributed by atoms with Gasteiger partial charge in [0.05, 0.1) is 17.7 Å². The molecule has 6 nitrogen and oxygen atoms in total. The smallest absolute Gasteiger partial charge is 0.252 e.